The minimum absolute atomic E-state index is 0.122. The molecule has 0 atom stereocenters. The van der Waals surface area contributed by atoms with Crippen molar-refractivity contribution >= 4 is 5.82 Å². The van der Waals surface area contributed by atoms with E-state index in [1.54, 1.807) is 12.1 Å². The molecule has 21 heavy (non-hydrogen) atoms. The molecule has 0 amide bonds. The van der Waals surface area contributed by atoms with Gasteiger partial charge in [-0.3, -0.25) is 0 Å². The van der Waals surface area contributed by atoms with Crippen LogP contribution in [0.4, 0.5) is 5.82 Å². The zero-order chi connectivity index (χ0) is 15.4. The molecule has 1 aromatic heterocycles. The molecule has 2 N–H and O–H groups in total. The molecule has 2 rings (SSSR count). The summed E-state index contributed by atoms with van der Waals surface area (Å²) in [5, 5.41) is 8.85. The normalized spacial score (nSPS) is 9.81. The summed E-state index contributed by atoms with van der Waals surface area (Å²) in [4.78, 5) is 8.23. The number of methoxy groups -OCH3 is 3. The molecule has 0 aliphatic heterocycles. The third-order valence-corrected chi connectivity index (χ3v) is 2.86. The smallest absolute Gasteiger partial charge is 0.203 e. The summed E-state index contributed by atoms with van der Waals surface area (Å²) in [5.74, 6) is 1.93. The number of hydrogen-bond donors (Lipinski definition) is 1. The monoisotopic (exact) mass is 286 g/mol. The lowest BCUT2D eigenvalue weighted by molar-refractivity contribution is 0.324. The Morgan fingerprint density at radius 1 is 1.10 bits per heavy atom. The molecule has 0 aliphatic carbocycles. The van der Waals surface area contributed by atoms with Crippen molar-refractivity contribution in [3.05, 3.63) is 23.9 Å². The van der Waals surface area contributed by atoms with Gasteiger partial charge in [0.1, 0.15) is 17.5 Å². The van der Waals surface area contributed by atoms with Gasteiger partial charge in [0.2, 0.25) is 5.75 Å². The van der Waals surface area contributed by atoms with Gasteiger partial charge in [-0.05, 0) is 12.1 Å². The van der Waals surface area contributed by atoms with Gasteiger partial charge in [0.25, 0.3) is 0 Å². The predicted octanol–water partition coefficient (Wildman–Crippen LogP) is 1.62. The molecule has 0 saturated heterocycles. The molecular weight excluding hydrogens is 272 g/mol. The highest BCUT2D eigenvalue weighted by Gasteiger charge is 2.16. The predicted molar refractivity (Wildman–Crippen MR) is 76.3 cm³/mol. The summed E-state index contributed by atoms with van der Waals surface area (Å²) in [6, 6.07) is 5.34. The zero-order valence-corrected chi connectivity index (χ0v) is 11.9. The van der Waals surface area contributed by atoms with Crippen molar-refractivity contribution in [2.24, 2.45) is 0 Å². The number of nitrogen functional groups attached to an aromatic ring is 1. The minimum atomic E-state index is 0.122. The topological polar surface area (TPSA) is 103 Å². The number of aromatic nitrogens is 2. The Bertz CT molecular complexity index is 685. The lowest BCUT2D eigenvalue weighted by Gasteiger charge is -2.13. The van der Waals surface area contributed by atoms with Crippen LogP contribution in [-0.2, 0) is 0 Å². The van der Waals surface area contributed by atoms with Gasteiger partial charge in [-0.1, -0.05) is 0 Å². The number of rotatable bonds is 4. The van der Waals surface area contributed by atoms with E-state index in [2.05, 4.69) is 9.97 Å². The maximum Gasteiger partial charge on any atom is 0.203 e. The van der Waals surface area contributed by atoms with Gasteiger partial charge in [-0.15, -0.1) is 0 Å². The lowest BCUT2D eigenvalue weighted by atomic mass is 10.1. The van der Waals surface area contributed by atoms with Gasteiger partial charge in [0.15, 0.2) is 17.3 Å². The van der Waals surface area contributed by atoms with Crippen LogP contribution in [0.3, 0.4) is 0 Å². The average molecular weight is 286 g/mol. The fourth-order valence-electron chi connectivity index (χ4n) is 1.83. The van der Waals surface area contributed by atoms with E-state index < -0.39 is 0 Å². The summed E-state index contributed by atoms with van der Waals surface area (Å²) in [6.45, 7) is 0. The van der Waals surface area contributed by atoms with Crippen molar-refractivity contribution < 1.29 is 14.2 Å². The van der Waals surface area contributed by atoms with Crippen LogP contribution < -0.4 is 19.9 Å². The van der Waals surface area contributed by atoms with Crippen LogP contribution in [0.2, 0.25) is 0 Å². The molecule has 0 unspecified atom stereocenters. The van der Waals surface area contributed by atoms with Crippen molar-refractivity contribution in [3.8, 4) is 34.7 Å². The van der Waals surface area contributed by atoms with E-state index in [4.69, 9.17) is 25.2 Å². The van der Waals surface area contributed by atoms with E-state index >= 15 is 0 Å². The third-order valence-electron chi connectivity index (χ3n) is 2.86. The van der Waals surface area contributed by atoms with E-state index in [-0.39, 0.29) is 11.4 Å². The molecule has 0 saturated carbocycles. The first-order chi connectivity index (χ1) is 10.1. The van der Waals surface area contributed by atoms with E-state index in [0.29, 0.717) is 28.6 Å². The van der Waals surface area contributed by atoms with Gasteiger partial charge in [0, 0.05) is 5.56 Å². The number of ether oxygens (including phenoxy) is 3. The number of benzene rings is 1. The maximum atomic E-state index is 8.85. The third kappa shape index (κ3) is 2.65. The molecular formula is C14H14N4O3. The van der Waals surface area contributed by atoms with Gasteiger partial charge in [-0.2, -0.15) is 5.26 Å². The van der Waals surface area contributed by atoms with Gasteiger partial charge in [0.05, 0.1) is 27.5 Å². The highest BCUT2D eigenvalue weighted by Crippen LogP contribution is 2.40. The van der Waals surface area contributed by atoms with Crippen LogP contribution in [0.1, 0.15) is 5.56 Å². The molecule has 7 heteroatoms. The Morgan fingerprint density at radius 2 is 1.71 bits per heavy atom. The van der Waals surface area contributed by atoms with Gasteiger partial charge < -0.3 is 19.9 Å². The number of anilines is 1. The Hall–Kier alpha value is -3.01. The molecule has 108 valence electrons. The molecule has 0 bridgehead atoms. The molecule has 0 radical (unpaired) electrons. The molecule has 0 aliphatic rings. The van der Waals surface area contributed by atoms with Crippen LogP contribution in [0.5, 0.6) is 17.2 Å². The Balaban J connectivity index is 2.59. The van der Waals surface area contributed by atoms with Crippen molar-refractivity contribution in [3.63, 3.8) is 0 Å². The van der Waals surface area contributed by atoms with Crippen molar-refractivity contribution in [1.82, 2.24) is 9.97 Å². The molecule has 1 heterocycles. The molecule has 7 nitrogen and oxygen atoms in total. The number of nitrogens with two attached hydrogens (primary N) is 1. The van der Waals surface area contributed by atoms with Gasteiger partial charge >= 0.3 is 0 Å². The summed E-state index contributed by atoms with van der Waals surface area (Å²) in [5.41, 5.74) is 6.57. The largest absolute Gasteiger partial charge is 0.493 e. The highest BCUT2D eigenvalue weighted by atomic mass is 16.5. The molecule has 0 fully saturated rings. The Labute approximate surface area is 121 Å². The zero-order valence-electron chi connectivity index (χ0n) is 11.9. The first-order valence-electron chi connectivity index (χ1n) is 5.97. The molecule has 1 aromatic carbocycles. The Morgan fingerprint density at radius 3 is 2.14 bits per heavy atom. The number of nitrogens with zero attached hydrogens (tertiary/aromatic N) is 3. The van der Waals surface area contributed by atoms with Crippen molar-refractivity contribution in [2.75, 3.05) is 27.1 Å². The second-order valence-corrected chi connectivity index (χ2v) is 4.02. The van der Waals surface area contributed by atoms with Crippen molar-refractivity contribution in [2.45, 2.75) is 0 Å². The second kappa shape index (κ2) is 5.96. The fraction of sp³-hybridized carbons (Fsp3) is 0.214. The van der Waals surface area contributed by atoms with Gasteiger partial charge in [-0.25, -0.2) is 9.97 Å². The first-order valence-corrected chi connectivity index (χ1v) is 5.97. The van der Waals surface area contributed by atoms with Crippen LogP contribution >= 0.6 is 0 Å². The van der Waals surface area contributed by atoms with Crippen LogP contribution in [0.15, 0.2) is 18.3 Å². The maximum absolute atomic E-state index is 8.85. The summed E-state index contributed by atoms with van der Waals surface area (Å²) < 4.78 is 15.8. The van der Waals surface area contributed by atoms with E-state index in [1.807, 2.05) is 6.07 Å². The summed E-state index contributed by atoms with van der Waals surface area (Å²) in [6.07, 6.45) is 1.38. The van der Waals surface area contributed by atoms with Crippen LogP contribution in [0, 0.1) is 11.3 Å². The van der Waals surface area contributed by atoms with E-state index in [1.165, 1.54) is 27.5 Å². The Kier molecular flexibility index (Phi) is 4.09. The second-order valence-electron chi connectivity index (χ2n) is 4.02. The van der Waals surface area contributed by atoms with E-state index in [0.717, 1.165) is 0 Å². The first kappa shape index (κ1) is 14.4. The number of nitriles is 1. The molecule has 2 aromatic rings. The summed E-state index contributed by atoms with van der Waals surface area (Å²) >= 11 is 0. The van der Waals surface area contributed by atoms with E-state index in [9.17, 15) is 0 Å². The summed E-state index contributed by atoms with van der Waals surface area (Å²) in [7, 11) is 4.57. The minimum Gasteiger partial charge on any atom is -0.493 e. The quantitative estimate of drug-likeness (QED) is 0.910. The molecule has 0 spiro atoms. The fourth-order valence-corrected chi connectivity index (χ4v) is 1.83. The average Bonchev–Trinajstić information content (AvgIpc) is 2.53. The SMILES string of the molecule is COc1cc(-c2ncc(C#N)c(N)n2)cc(OC)c1OC. The highest BCUT2D eigenvalue weighted by molar-refractivity contribution is 5.68. The van der Waals surface area contributed by atoms with Crippen molar-refractivity contribution in [1.29, 1.82) is 5.26 Å². The van der Waals surface area contributed by atoms with Crippen LogP contribution in [-0.4, -0.2) is 31.3 Å². The number of hydrogen-bond acceptors (Lipinski definition) is 7. The standard InChI is InChI=1S/C14H14N4O3/c1-19-10-4-8(5-11(20-2)12(10)21-3)14-17-7-9(6-15)13(16)18-14/h4-5,7H,1-3H3,(H2,16,17,18). The van der Waals surface area contributed by atoms with Crippen LogP contribution in [0.25, 0.3) is 11.4 Å². The lowest BCUT2D eigenvalue weighted by Crippen LogP contribution is -2.00.